The predicted molar refractivity (Wildman–Crippen MR) is 86.5 cm³/mol. The first kappa shape index (κ1) is 16.4. The lowest BCUT2D eigenvalue weighted by Crippen LogP contribution is -2.28. The molecule has 0 unspecified atom stereocenters. The maximum Gasteiger partial charge on any atom is 0.416 e. The minimum Gasteiger partial charge on any atom is -0.372 e. The Balaban J connectivity index is 2.34. The topological polar surface area (TPSA) is 59.8 Å². The second-order valence-electron chi connectivity index (χ2n) is 5.18. The molecule has 0 saturated heterocycles. The van der Waals surface area contributed by atoms with E-state index in [-0.39, 0.29) is 11.3 Å². The van der Waals surface area contributed by atoms with Crippen molar-refractivity contribution in [1.82, 2.24) is 14.5 Å². The Labute approximate surface area is 138 Å². The number of halogens is 3. The highest BCUT2D eigenvalue weighted by molar-refractivity contribution is 7.07. The van der Waals surface area contributed by atoms with Crippen LogP contribution < -0.4 is 11.0 Å². The number of nitrogens with one attached hydrogen (secondary N) is 1. The van der Waals surface area contributed by atoms with Crippen molar-refractivity contribution >= 4 is 28.1 Å². The van der Waals surface area contributed by atoms with Crippen molar-refractivity contribution in [3.63, 3.8) is 0 Å². The Bertz CT molecular complexity index is 934. The van der Waals surface area contributed by atoms with Crippen LogP contribution in [0.4, 0.5) is 19.0 Å². The molecule has 0 bridgehead atoms. The second kappa shape index (κ2) is 5.90. The Morgan fingerprint density at radius 2 is 2.08 bits per heavy atom. The molecule has 0 fully saturated rings. The molecule has 1 N–H and O–H groups in total. The van der Waals surface area contributed by atoms with Crippen molar-refractivity contribution in [2.24, 2.45) is 0 Å². The summed E-state index contributed by atoms with van der Waals surface area (Å²) in [5.74, 6) is 0.241. The Hall–Kier alpha value is -2.42. The highest BCUT2D eigenvalue weighted by atomic mass is 32.1. The fourth-order valence-corrected chi connectivity index (χ4v) is 3.19. The second-order valence-corrected chi connectivity index (χ2v) is 5.90. The van der Waals surface area contributed by atoms with Gasteiger partial charge in [-0.05, 0) is 25.1 Å². The van der Waals surface area contributed by atoms with Crippen molar-refractivity contribution in [1.29, 1.82) is 0 Å². The highest BCUT2D eigenvalue weighted by Gasteiger charge is 2.31. The normalized spacial score (nSPS) is 13.2. The Kier molecular flexibility index (Phi) is 4.04. The quantitative estimate of drug-likeness (QED) is 0.782. The number of anilines is 1. The third kappa shape index (κ3) is 2.75. The van der Waals surface area contributed by atoms with Gasteiger partial charge in [0.1, 0.15) is 5.82 Å². The molecule has 0 aliphatic rings. The minimum absolute atomic E-state index is 0.162. The molecular formula is C15H13F3N4OS. The van der Waals surface area contributed by atoms with E-state index >= 15 is 0 Å². The molecule has 2 heterocycles. The van der Waals surface area contributed by atoms with E-state index < -0.39 is 23.5 Å². The molecule has 0 spiro atoms. The minimum atomic E-state index is -4.50. The largest absolute Gasteiger partial charge is 0.416 e. The third-order valence-corrected chi connectivity index (χ3v) is 4.36. The molecule has 0 aliphatic carbocycles. The number of rotatable bonds is 3. The lowest BCUT2D eigenvalue weighted by molar-refractivity contribution is -0.137. The van der Waals surface area contributed by atoms with Gasteiger partial charge in [-0.3, -0.25) is 4.57 Å². The predicted octanol–water partition coefficient (Wildman–Crippen LogP) is 3.52. The van der Waals surface area contributed by atoms with Crippen LogP contribution >= 0.6 is 11.3 Å². The fourth-order valence-electron chi connectivity index (χ4n) is 2.55. The number of nitrogens with zero attached hydrogens (tertiary/aromatic N) is 3. The van der Waals surface area contributed by atoms with Gasteiger partial charge in [0.25, 0.3) is 0 Å². The molecular weight excluding hydrogens is 341 g/mol. The van der Waals surface area contributed by atoms with Gasteiger partial charge < -0.3 is 5.32 Å². The zero-order chi connectivity index (χ0) is 17.5. The maximum atomic E-state index is 13.1. The summed E-state index contributed by atoms with van der Waals surface area (Å²) in [4.78, 5) is 20.5. The molecule has 24 heavy (non-hydrogen) atoms. The molecule has 2 aromatic heterocycles. The molecule has 0 radical (unpaired) electrons. The van der Waals surface area contributed by atoms with Crippen LogP contribution in [0.1, 0.15) is 24.2 Å². The molecule has 5 nitrogen and oxygen atoms in total. The molecule has 3 aromatic rings. The third-order valence-electron chi connectivity index (χ3n) is 3.76. The van der Waals surface area contributed by atoms with Gasteiger partial charge in [0.15, 0.2) is 0 Å². The van der Waals surface area contributed by atoms with E-state index in [2.05, 4.69) is 15.3 Å². The van der Waals surface area contributed by atoms with Gasteiger partial charge in [0.05, 0.1) is 28.3 Å². The molecule has 126 valence electrons. The van der Waals surface area contributed by atoms with Gasteiger partial charge in [0, 0.05) is 17.8 Å². The van der Waals surface area contributed by atoms with Crippen LogP contribution in [0.3, 0.4) is 0 Å². The number of hydrogen-bond donors (Lipinski definition) is 1. The van der Waals surface area contributed by atoms with E-state index in [1.54, 1.807) is 24.9 Å². The molecule has 3 rings (SSSR count). The van der Waals surface area contributed by atoms with Gasteiger partial charge in [-0.2, -0.15) is 18.2 Å². The van der Waals surface area contributed by atoms with Gasteiger partial charge in [0.2, 0.25) is 0 Å². The lowest BCUT2D eigenvalue weighted by atomic mass is 10.1. The molecule has 1 aromatic carbocycles. The summed E-state index contributed by atoms with van der Waals surface area (Å²) >= 11 is 1.35. The molecule has 1 atom stereocenters. The zero-order valence-electron chi connectivity index (χ0n) is 12.8. The van der Waals surface area contributed by atoms with E-state index in [4.69, 9.17) is 0 Å². The smallest absolute Gasteiger partial charge is 0.372 e. The number of aromatic nitrogens is 3. The van der Waals surface area contributed by atoms with Crippen molar-refractivity contribution in [2.75, 3.05) is 12.4 Å². The first-order chi connectivity index (χ1) is 11.3. The Morgan fingerprint density at radius 1 is 1.33 bits per heavy atom. The van der Waals surface area contributed by atoms with Gasteiger partial charge in [-0.15, -0.1) is 11.3 Å². The van der Waals surface area contributed by atoms with Crippen LogP contribution in [0.2, 0.25) is 0 Å². The summed E-state index contributed by atoms with van der Waals surface area (Å²) in [5.41, 5.74) is 0.915. The van der Waals surface area contributed by atoms with Gasteiger partial charge in [-0.1, -0.05) is 0 Å². The number of thiazole rings is 1. The lowest BCUT2D eigenvalue weighted by Gasteiger charge is -2.18. The van der Waals surface area contributed by atoms with E-state index in [1.807, 2.05) is 0 Å². The van der Waals surface area contributed by atoms with E-state index in [0.29, 0.717) is 11.1 Å². The molecule has 0 saturated carbocycles. The average molecular weight is 354 g/mol. The van der Waals surface area contributed by atoms with E-state index in [9.17, 15) is 18.0 Å². The summed E-state index contributed by atoms with van der Waals surface area (Å²) in [6.45, 7) is 1.71. The van der Waals surface area contributed by atoms with Crippen molar-refractivity contribution in [3.05, 3.63) is 50.8 Å². The number of fused-ring (bicyclic) bond motifs is 1. The monoisotopic (exact) mass is 354 g/mol. The van der Waals surface area contributed by atoms with Crippen LogP contribution in [0.5, 0.6) is 0 Å². The maximum absolute atomic E-state index is 13.1. The van der Waals surface area contributed by atoms with E-state index in [1.165, 1.54) is 22.0 Å². The highest BCUT2D eigenvalue weighted by Crippen LogP contribution is 2.33. The SMILES string of the molecule is CNc1nc(=O)n([C@H](C)c2cscn2)c2cc(C(F)(F)F)ccc12. The van der Waals surface area contributed by atoms with Gasteiger partial charge in [-0.25, -0.2) is 9.78 Å². The average Bonchev–Trinajstić information content (AvgIpc) is 3.06. The standard InChI is InChI=1S/C15H13F3N4OS/c1-8(11-6-24-7-20-11)22-12-5-9(15(16,17)18)3-4-10(12)13(19-2)21-14(22)23/h3-8H,1-2H3,(H,19,21,23)/t8-/m1/s1. The van der Waals surface area contributed by atoms with E-state index in [0.717, 1.165) is 12.1 Å². The number of benzene rings is 1. The number of hydrogen-bond acceptors (Lipinski definition) is 5. The van der Waals surface area contributed by atoms with Crippen molar-refractivity contribution in [3.8, 4) is 0 Å². The fraction of sp³-hybridized carbons (Fsp3) is 0.267. The van der Waals surface area contributed by atoms with Crippen LogP contribution in [-0.4, -0.2) is 21.6 Å². The van der Waals surface area contributed by atoms with Crippen LogP contribution in [0.25, 0.3) is 10.9 Å². The zero-order valence-corrected chi connectivity index (χ0v) is 13.6. The first-order valence-electron chi connectivity index (χ1n) is 7.02. The van der Waals surface area contributed by atoms with Crippen molar-refractivity contribution in [2.45, 2.75) is 19.1 Å². The van der Waals surface area contributed by atoms with Crippen molar-refractivity contribution < 1.29 is 13.2 Å². The number of alkyl halides is 3. The molecule has 0 amide bonds. The summed E-state index contributed by atoms with van der Waals surface area (Å²) < 4.78 is 40.5. The first-order valence-corrected chi connectivity index (χ1v) is 7.96. The van der Waals surface area contributed by atoms with Crippen LogP contribution in [-0.2, 0) is 6.18 Å². The summed E-state index contributed by atoms with van der Waals surface area (Å²) in [5, 5.41) is 4.94. The van der Waals surface area contributed by atoms with Crippen LogP contribution in [0, 0.1) is 0 Å². The summed E-state index contributed by atoms with van der Waals surface area (Å²) in [6, 6.07) is 2.74. The molecule has 0 aliphatic heterocycles. The molecule has 9 heteroatoms. The summed E-state index contributed by atoms with van der Waals surface area (Å²) in [7, 11) is 1.56. The summed E-state index contributed by atoms with van der Waals surface area (Å²) in [6.07, 6.45) is -4.50. The van der Waals surface area contributed by atoms with Crippen LogP contribution in [0.15, 0.2) is 33.9 Å². The van der Waals surface area contributed by atoms with Gasteiger partial charge >= 0.3 is 11.9 Å². The Morgan fingerprint density at radius 3 is 2.67 bits per heavy atom.